The standard InChI is InChI=1S/C27H29N5O4S/c33-22-5-4-21(23(34)30-22)32-12-19-18(26(32)36)2-1-3-20(19)28-11-17-13-37-25(29-17)24(35)31-27-9-14-6-15(10-27)8-16(27)7-14/h1-3,13-16,21,28H,4-12H2,(H,31,35)(H,30,33,34). The topological polar surface area (TPSA) is 120 Å². The van der Waals surface area contributed by atoms with E-state index < -0.39 is 11.9 Å². The minimum Gasteiger partial charge on any atom is -0.379 e. The van der Waals surface area contributed by atoms with Crippen molar-refractivity contribution < 1.29 is 19.2 Å². The molecule has 1 saturated heterocycles. The fraction of sp³-hybridized carbons (Fsp3) is 0.519. The summed E-state index contributed by atoms with van der Waals surface area (Å²) < 4.78 is 0. The summed E-state index contributed by atoms with van der Waals surface area (Å²) in [6, 6.07) is 4.85. The molecule has 3 heterocycles. The summed E-state index contributed by atoms with van der Waals surface area (Å²) in [5.41, 5.74) is 2.95. The third kappa shape index (κ3) is 3.75. The number of nitrogens with zero attached hydrogens (tertiary/aromatic N) is 2. The quantitative estimate of drug-likeness (QED) is 0.505. The number of fused-ring (bicyclic) bond motifs is 1. The molecule has 2 aliphatic heterocycles. The van der Waals surface area contributed by atoms with Crippen molar-refractivity contribution in [1.29, 1.82) is 0 Å². The minimum atomic E-state index is -0.644. The van der Waals surface area contributed by atoms with Crippen LogP contribution < -0.4 is 16.0 Å². The molecule has 10 heteroatoms. The Morgan fingerprint density at radius 2 is 1.97 bits per heavy atom. The lowest BCUT2D eigenvalue weighted by atomic mass is 9.80. The maximum atomic E-state index is 13.1. The molecule has 2 aromatic rings. The van der Waals surface area contributed by atoms with Crippen LogP contribution in [0.5, 0.6) is 0 Å². The van der Waals surface area contributed by atoms with Gasteiger partial charge in [0, 0.05) is 40.7 Å². The van der Waals surface area contributed by atoms with Gasteiger partial charge in [-0.05, 0) is 68.4 Å². The van der Waals surface area contributed by atoms with Crippen LogP contribution in [-0.4, -0.2) is 45.1 Å². The number of hydrogen-bond acceptors (Lipinski definition) is 7. The Bertz CT molecular complexity index is 1320. The third-order valence-electron chi connectivity index (χ3n) is 9.14. The molecule has 5 fully saturated rings. The van der Waals surface area contributed by atoms with E-state index in [0.29, 0.717) is 36.0 Å². The Hall–Kier alpha value is -3.27. The molecular weight excluding hydrogens is 490 g/mol. The first kappa shape index (κ1) is 22.9. The summed E-state index contributed by atoms with van der Waals surface area (Å²) in [5, 5.41) is 11.5. The van der Waals surface area contributed by atoms with Crippen LogP contribution in [0.1, 0.15) is 76.4 Å². The van der Waals surface area contributed by atoms with Crippen LogP contribution in [-0.2, 0) is 22.7 Å². The second-order valence-electron chi connectivity index (χ2n) is 11.4. The molecule has 4 bridgehead atoms. The molecule has 8 rings (SSSR count). The molecule has 3 N–H and O–H groups in total. The molecule has 192 valence electrons. The first-order valence-corrected chi connectivity index (χ1v) is 14.0. The van der Waals surface area contributed by atoms with Gasteiger partial charge in [0.05, 0.1) is 12.2 Å². The van der Waals surface area contributed by atoms with Gasteiger partial charge < -0.3 is 15.5 Å². The average Bonchev–Trinajstić information content (AvgIpc) is 3.58. The van der Waals surface area contributed by atoms with Crippen LogP contribution in [0.2, 0.25) is 0 Å². The van der Waals surface area contributed by atoms with E-state index >= 15 is 0 Å². The van der Waals surface area contributed by atoms with Crippen molar-refractivity contribution in [3.05, 3.63) is 45.4 Å². The van der Waals surface area contributed by atoms with Crippen LogP contribution in [0.4, 0.5) is 5.69 Å². The number of piperidine rings is 1. The van der Waals surface area contributed by atoms with E-state index in [4.69, 9.17) is 0 Å². The first-order valence-electron chi connectivity index (χ1n) is 13.2. The van der Waals surface area contributed by atoms with Crippen molar-refractivity contribution in [3.8, 4) is 0 Å². The SMILES string of the molecule is O=C1CCC(N2Cc3c(NCc4csc(C(=O)NC56CC7CC(CC5C7)C6)n4)cccc3C2=O)C(=O)N1. The van der Waals surface area contributed by atoms with E-state index in [1.807, 2.05) is 17.5 Å². The molecule has 3 atom stereocenters. The Labute approximate surface area is 218 Å². The largest absolute Gasteiger partial charge is 0.379 e. The maximum absolute atomic E-state index is 13.1. The summed E-state index contributed by atoms with van der Waals surface area (Å²) in [6.45, 7) is 0.727. The number of carbonyl (C=O) groups excluding carboxylic acids is 4. The Kier molecular flexibility index (Phi) is 5.18. The highest BCUT2D eigenvalue weighted by molar-refractivity contribution is 7.11. The number of imide groups is 1. The van der Waals surface area contributed by atoms with Crippen LogP contribution >= 0.6 is 11.3 Å². The zero-order chi connectivity index (χ0) is 25.3. The number of carbonyl (C=O) groups is 4. The summed E-state index contributed by atoms with van der Waals surface area (Å²) in [7, 11) is 0. The zero-order valence-corrected chi connectivity index (χ0v) is 21.2. The number of aromatic nitrogens is 1. The van der Waals surface area contributed by atoms with E-state index in [0.717, 1.165) is 41.6 Å². The van der Waals surface area contributed by atoms with E-state index in [2.05, 4.69) is 20.9 Å². The molecule has 4 amide bonds. The molecule has 0 radical (unpaired) electrons. The Morgan fingerprint density at radius 1 is 1.16 bits per heavy atom. The van der Waals surface area contributed by atoms with Gasteiger partial charge >= 0.3 is 0 Å². The first-order chi connectivity index (χ1) is 17.9. The number of anilines is 1. The third-order valence-corrected chi connectivity index (χ3v) is 10.0. The van der Waals surface area contributed by atoms with Gasteiger partial charge in [-0.25, -0.2) is 4.98 Å². The summed E-state index contributed by atoms with van der Waals surface area (Å²) >= 11 is 1.37. The van der Waals surface area contributed by atoms with Crippen LogP contribution in [0.25, 0.3) is 0 Å². The van der Waals surface area contributed by atoms with Gasteiger partial charge in [0.15, 0.2) is 5.01 Å². The highest BCUT2D eigenvalue weighted by atomic mass is 32.1. The predicted molar refractivity (Wildman–Crippen MR) is 136 cm³/mol. The van der Waals surface area contributed by atoms with Gasteiger partial charge in [-0.2, -0.15) is 0 Å². The van der Waals surface area contributed by atoms with Crippen LogP contribution in [0, 0.1) is 17.8 Å². The molecule has 0 spiro atoms. The number of nitrogens with one attached hydrogen (secondary N) is 3. The van der Waals surface area contributed by atoms with E-state index in [1.165, 1.54) is 30.6 Å². The van der Waals surface area contributed by atoms with Gasteiger partial charge in [-0.1, -0.05) is 6.07 Å². The Balaban J connectivity index is 1.02. The number of amides is 4. The molecule has 4 aliphatic carbocycles. The zero-order valence-electron chi connectivity index (χ0n) is 20.4. The van der Waals surface area contributed by atoms with Crippen LogP contribution in [0.3, 0.4) is 0 Å². The van der Waals surface area contributed by atoms with E-state index in [1.54, 1.807) is 11.0 Å². The lowest BCUT2D eigenvalue weighted by Gasteiger charge is -2.33. The van der Waals surface area contributed by atoms with E-state index in [9.17, 15) is 19.2 Å². The number of hydrogen-bond donors (Lipinski definition) is 3. The smallest absolute Gasteiger partial charge is 0.280 e. The highest BCUT2D eigenvalue weighted by Gasteiger charge is 2.58. The molecule has 37 heavy (non-hydrogen) atoms. The monoisotopic (exact) mass is 519 g/mol. The number of thiazole rings is 1. The van der Waals surface area contributed by atoms with Gasteiger partial charge in [0.2, 0.25) is 11.8 Å². The lowest BCUT2D eigenvalue weighted by molar-refractivity contribution is -0.136. The van der Waals surface area contributed by atoms with Gasteiger partial charge in [-0.3, -0.25) is 24.5 Å². The minimum absolute atomic E-state index is 0.0136. The second-order valence-corrected chi connectivity index (χ2v) is 12.2. The van der Waals surface area contributed by atoms with Crippen molar-refractivity contribution in [2.45, 2.75) is 69.6 Å². The fourth-order valence-electron chi connectivity index (χ4n) is 7.71. The van der Waals surface area contributed by atoms with Crippen molar-refractivity contribution in [3.63, 3.8) is 0 Å². The number of benzene rings is 1. The van der Waals surface area contributed by atoms with Gasteiger partial charge in [0.1, 0.15) is 6.04 Å². The Morgan fingerprint density at radius 3 is 2.76 bits per heavy atom. The summed E-state index contributed by atoms with van der Waals surface area (Å²) in [4.78, 5) is 56.2. The molecule has 1 aromatic heterocycles. The van der Waals surface area contributed by atoms with E-state index in [-0.39, 0.29) is 29.7 Å². The van der Waals surface area contributed by atoms with Crippen molar-refractivity contribution in [1.82, 2.24) is 20.5 Å². The number of rotatable bonds is 6. The van der Waals surface area contributed by atoms with Gasteiger partial charge in [-0.15, -0.1) is 11.3 Å². The summed E-state index contributed by atoms with van der Waals surface area (Å²) in [5.74, 6) is 1.21. The maximum Gasteiger partial charge on any atom is 0.280 e. The van der Waals surface area contributed by atoms with Crippen molar-refractivity contribution in [2.75, 3.05) is 5.32 Å². The highest BCUT2D eigenvalue weighted by Crippen LogP contribution is 2.60. The van der Waals surface area contributed by atoms with Crippen LogP contribution in [0.15, 0.2) is 23.6 Å². The van der Waals surface area contributed by atoms with Crippen molar-refractivity contribution >= 4 is 40.7 Å². The summed E-state index contributed by atoms with van der Waals surface area (Å²) in [6.07, 6.45) is 6.65. The normalized spacial score (nSPS) is 31.6. The second kappa shape index (κ2) is 8.37. The molecule has 9 nitrogen and oxygen atoms in total. The molecule has 6 aliphatic rings. The average molecular weight is 520 g/mol. The predicted octanol–water partition coefficient (Wildman–Crippen LogP) is 2.82. The fourth-order valence-corrected chi connectivity index (χ4v) is 8.42. The molecule has 1 aromatic carbocycles. The lowest BCUT2D eigenvalue weighted by Crippen LogP contribution is -2.52. The molecule has 4 saturated carbocycles. The van der Waals surface area contributed by atoms with Crippen molar-refractivity contribution in [2.24, 2.45) is 17.8 Å². The molecular formula is C27H29N5O4S. The molecule has 3 unspecified atom stereocenters. The van der Waals surface area contributed by atoms with Gasteiger partial charge in [0.25, 0.3) is 11.8 Å².